The summed E-state index contributed by atoms with van der Waals surface area (Å²) in [6.07, 6.45) is 2.82. The van der Waals surface area contributed by atoms with Crippen molar-refractivity contribution in [1.29, 1.82) is 5.26 Å². The number of amides is 1. The molecular formula is C24H25N5O4. The van der Waals surface area contributed by atoms with Crippen LogP contribution in [-0.4, -0.2) is 40.8 Å². The highest BCUT2D eigenvalue weighted by molar-refractivity contribution is 5.83. The van der Waals surface area contributed by atoms with Crippen LogP contribution in [0.15, 0.2) is 48.8 Å². The van der Waals surface area contributed by atoms with Crippen LogP contribution in [0.3, 0.4) is 0 Å². The SMILES string of the molecule is COC(=O)[C@H](Cc1ccc(Nc2nc3ccncc3cc2C#N)cc1)NC(=O)OC(C)(C)C. The standard InChI is InChI=1S/C24H25N5O4/c1-24(2,3)33-23(31)29-20(22(30)32-4)11-15-5-7-18(8-6-15)27-21-16(13-25)12-17-14-26-10-9-19(17)28-21/h5-10,12,14,20H,11H2,1-4H3,(H,27,28)(H,29,31)/t20-/m0/s1. The molecule has 2 heterocycles. The zero-order valence-electron chi connectivity index (χ0n) is 18.9. The summed E-state index contributed by atoms with van der Waals surface area (Å²) in [6, 6.07) is 12.0. The van der Waals surface area contributed by atoms with Crippen molar-refractivity contribution >= 4 is 34.5 Å². The van der Waals surface area contributed by atoms with E-state index in [0.717, 1.165) is 16.5 Å². The summed E-state index contributed by atoms with van der Waals surface area (Å²) < 4.78 is 10.0. The van der Waals surface area contributed by atoms with E-state index in [9.17, 15) is 14.9 Å². The average Bonchev–Trinajstić information content (AvgIpc) is 2.77. The molecule has 170 valence electrons. The molecule has 33 heavy (non-hydrogen) atoms. The minimum Gasteiger partial charge on any atom is -0.467 e. The van der Waals surface area contributed by atoms with Gasteiger partial charge in [0.1, 0.15) is 23.5 Å². The Morgan fingerprint density at radius 2 is 1.91 bits per heavy atom. The van der Waals surface area contributed by atoms with Gasteiger partial charge in [-0.05, 0) is 50.6 Å². The number of carbonyl (C=O) groups is 2. The van der Waals surface area contributed by atoms with Crippen molar-refractivity contribution in [2.75, 3.05) is 12.4 Å². The molecule has 0 saturated carbocycles. The van der Waals surface area contributed by atoms with Crippen LogP contribution in [0, 0.1) is 11.3 Å². The van der Waals surface area contributed by atoms with Crippen molar-refractivity contribution in [3.63, 3.8) is 0 Å². The first kappa shape index (κ1) is 23.5. The molecule has 9 nitrogen and oxygen atoms in total. The molecule has 0 unspecified atom stereocenters. The number of alkyl carbamates (subject to hydrolysis) is 1. The predicted octanol–water partition coefficient (Wildman–Crippen LogP) is 3.85. The van der Waals surface area contributed by atoms with Gasteiger partial charge in [-0.1, -0.05) is 12.1 Å². The van der Waals surface area contributed by atoms with E-state index in [2.05, 4.69) is 26.7 Å². The third kappa shape index (κ3) is 6.40. The lowest BCUT2D eigenvalue weighted by molar-refractivity contribution is -0.143. The molecule has 2 N–H and O–H groups in total. The molecule has 0 aliphatic rings. The zero-order chi connectivity index (χ0) is 24.0. The van der Waals surface area contributed by atoms with E-state index in [1.54, 1.807) is 57.4 Å². The van der Waals surface area contributed by atoms with E-state index in [4.69, 9.17) is 9.47 Å². The molecule has 1 amide bonds. The zero-order valence-corrected chi connectivity index (χ0v) is 18.9. The van der Waals surface area contributed by atoms with Crippen LogP contribution in [-0.2, 0) is 20.7 Å². The second kappa shape index (κ2) is 9.96. The van der Waals surface area contributed by atoms with Crippen molar-refractivity contribution in [3.8, 4) is 6.07 Å². The van der Waals surface area contributed by atoms with Gasteiger partial charge in [0.15, 0.2) is 0 Å². The number of hydrogen-bond donors (Lipinski definition) is 2. The first-order chi connectivity index (χ1) is 15.7. The van der Waals surface area contributed by atoms with Crippen LogP contribution >= 0.6 is 0 Å². The highest BCUT2D eigenvalue weighted by Gasteiger charge is 2.25. The largest absolute Gasteiger partial charge is 0.467 e. The summed E-state index contributed by atoms with van der Waals surface area (Å²) in [6.45, 7) is 5.22. The number of pyridine rings is 2. The lowest BCUT2D eigenvalue weighted by Gasteiger charge is -2.22. The molecule has 0 saturated heterocycles. The molecule has 0 fully saturated rings. The second-order valence-corrected chi connectivity index (χ2v) is 8.31. The van der Waals surface area contributed by atoms with Crippen molar-refractivity contribution < 1.29 is 19.1 Å². The number of anilines is 2. The number of nitrogens with zero attached hydrogens (tertiary/aromatic N) is 3. The highest BCUT2D eigenvalue weighted by atomic mass is 16.6. The van der Waals surface area contributed by atoms with Crippen molar-refractivity contribution in [2.45, 2.75) is 38.8 Å². The lowest BCUT2D eigenvalue weighted by Crippen LogP contribution is -2.45. The quantitative estimate of drug-likeness (QED) is 0.546. The van der Waals surface area contributed by atoms with Gasteiger partial charge in [0.05, 0.1) is 18.2 Å². The van der Waals surface area contributed by atoms with Crippen molar-refractivity contribution in [3.05, 3.63) is 59.9 Å². The number of rotatable bonds is 6. The molecule has 0 spiro atoms. The number of hydrogen-bond acceptors (Lipinski definition) is 8. The number of nitriles is 1. The van der Waals surface area contributed by atoms with Crippen molar-refractivity contribution in [2.24, 2.45) is 0 Å². The van der Waals surface area contributed by atoms with Gasteiger partial charge >= 0.3 is 12.1 Å². The van der Waals surface area contributed by atoms with E-state index in [-0.39, 0.29) is 6.42 Å². The molecular weight excluding hydrogens is 422 g/mol. The molecule has 9 heteroatoms. The number of fused-ring (bicyclic) bond motifs is 1. The molecule has 3 rings (SSSR count). The van der Waals surface area contributed by atoms with Gasteiger partial charge in [-0.2, -0.15) is 5.26 Å². The molecule has 0 radical (unpaired) electrons. The van der Waals surface area contributed by atoms with E-state index in [0.29, 0.717) is 17.1 Å². The summed E-state index contributed by atoms with van der Waals surface area (Å²) in [7, 11) is 1.26. The van der Waals surface area contributed by atoms with Crippen LogP contribution in [0.25, 0.3) is 10.9 Å². The fraction of sp³-hybridized carbons (Fsp3) is 0.292. The van der Waals surface area contributed by atoms with Gasteiger partial charge < -0.3 is 20.1 Å². The summed E-state index contributed by atoms with van der Waals surface area (Å²) in [5.74, 6) is -0.139. The number of esters is 1. The van der Waals surface area contributed by atoms with Crippen LogP contribution in [0.1, 0.15) is 31.9 Å². The fourth-order valence-electron chi connectivity index (χ4n) is 3.08. The molecule has 0 aliphatic heterocycles. The van der Waals surface area contributed by atoms with E-state index >= 15 is 0 Å². The molecule has 2 aromatic heterocycles. The average molecular weight is 447 g/mol. The maximum absolute atomic E-state index is 12.2. The molecule has 1 aromatic carbocycles. The van der Waals surface area contributed by atoms with Crippen LogP contribution < -0.4 is 10.6 Å². The molecule has 0 bridgehead atoms. The van der Waals surface area contributed by atoms with E-state index in [1.807, 2.05) is 12.1 Å². The summed E-state index contributed by atoms with van der Waals surface area (Å²) >= 11 is 0. The number of benzene rings is 1. The second-order valence-electron chi connectivity index (χ2n) is 8.31. The Kier molecular flexibility index (Phi) is 7.08. The van der Waals surface area contributed by atoms with E-state index in [1.165, 1.54) is 7.11 Å². The van der Waals surface area contributed by atoms with Crippen molar-refractivity contribution in [1.82, 2.24) is 15.3 Å². The number of aromatic nitrogens is 2. The van der Waals surface area contributed by atoms with Gasteiger partial charge in [-0.25, -0.2) is 14.6 Å². The maximum atomic E-state index is 12.2. The Bertz CT molecular complexity index is 1200. The number of methoxy groups -OCH3 is 1. The Balaban J connectivity index is 1.73. The predicted molar refractivity (Wildman–Crippen MR) is 123 cm³/mol. The topological polar surface area (TPSA) is 126 Å². The van der Waals surface area contributed by atoms with Gasteiger partial charge in [-0.3, -0.25) is 4.98 Å². The minimum absolute atomic E-state index is 0.219. The first-order valence-electron chi connectivity index (χ1n) is 10.3. The van der Waals surface area contributed by atoms with Gasteiger partial charge in [0.25, 0.3) is 0 Å². The third-order valence-electron chi connectivity index (χ3n) is 4.57. The fourth-order valence-corrected chi connectivity index (χ4v) is 3.08. The lowest BCUT2D eigenvalue weighted by atomic mass is 10.1. The monoisotopic (exact) mass is 447 g/mol. The summed E-state index contributed by atoms with van der Waals surface area (Å²) in [5.41, 5.74) is 1.94. The maximum Gasteiger partial charge on any atom is 0.408 e. The molecule has 0 aliphatic carbocycles. The smallest absolute Gasteiger partial charge is 0.408 e. The van der Waals surface area contributed by atoms with Crippen LogP contribution in [0.5, 0.6) is 0 Å². The minimum atomic E-state index is -0.899. The Hall–Kier alpha value is -4.19. The van der Waals surface area contributed by atoms with Crippen LogP contribution in [0.2, 0.25) is 0 Å². The van der Waals surface area contributed by atoms with Gasteiger partial charge in [-0.15, -0.1) is 0 Å². The molecule has 3 aromatic rings. The molecule has 1 atom stereocenters. The third-order valence-corrected chi connectivity index (χ3v) is 4.57. The number of nitrogens with one attached hydrogen (secondary N) is 2. The summed E-state index contributed by atoms with van der Waals surface area (Å²) in [4.78, 5) is 32.8. The number of carbonyl (C=O) groups excluding carboxylic acids is 2. The van der Waals surface area contributed by atoms with Gasteiger partial charge in [0, 0.05) is 29.9 Å². The highest BCUT2D eigenvalue weighted by Crippen LogP contribution is 2.23. The van der Waals surface area contributed by atoms with Crippen LogP contribution in [0.4, 0.5) is 16.3 Å². The normalized spacial score (nSPS) is 11.8. The first-order valence-corrected chi connectivity index (χ1v) is 10.3. The van der Waals surface area contributed by atoms with Gasteiger partial charge in [0.2, 0.25) is 0 Å². The summed E-state index contributed by atoms with van der Waals surface area (Å²) in [5, 5.41) is 16.0. The Labute approximate surface area is 191 Å². The Morgan fingerprint density at radius 1 is 1.18 bits per heavy atom. The van der Waals surface area contributed by atoms with E-state index < -0.39 is 23.7 Å². The Morgan fingerprint density at radius 3 is 2.55 bits per heavy atom. The number of ether oxygens (including phenoxy) is 2.